The van der Waals surface area contributed by atoms with E-state index >= 15 is 0 Å². The third-order valence-corrected chi connectivity index (χ3v) is 2.21. The first-order valence-corrected chi connectivity index (χ1v) is 5.23. The van der Waals surface area contributed by atoms with E-state index in [1.54, 1.807) is 24.3 Å². The fraction of sp³-hybridized carbons (Fsp3) is 0.364. The van der Waals surface area contributed by atoms with Gasteiger partial charge in [-0.1, -0.05) is 6.07 Å². The summed E-state index contributed by atoms with van der Waals surface area (Å²) < 4.78 is 5.42. The second kappa shape index (κ2) is 6.48. The Morgan fingerprint density at radius 1 is 1.56 bits per heavy atom. The van der Waals surface area contributed by atoms with Gasteiger partial charge in [0.25, 0.3) is 5.24 Å². The molecule has 5 heteroatoms. The zero-order valence-electron chi connectivity index (χ0n) is 9.02. The Morgan fingerprint density at radius 2 is 2.31 bits per heavy atom. The first kappa shape index (κ1) is 13.0. The van der Waals surface area contributed by atoms with Gasteiger partial charge in [0, 0.05) is 12.1 Å². The molecule has 0 atom stereocenters. The van der Waals surface area contributed by atoms with E-state index in [9.17, 15) is 4.79 Å². The van der Waals surface area contributed by atoms with E-state index in [1.165, 1.54) is 0 Å². The van der Waals surface area contributed by atoms with Crippen molar-refractivity contribution in [2.45, 2.75) is 0 Å². The Balaban J connectivity index is 2.54. The van der Waals surface area contributed by atoms with Crippen molar-refractivity contribution in [3.63, 3.8) is 0 Å². The molecule has 0 aliphatic rings. The predicted octanol–water partition coefficient (Wildman–Crippen LogP) is 1.33. The molecule has 1 aromatic carbocycles. The molecule has 0 spiro atoms. The minimum atomic E-state index is -0.505. The van der Waals surface area contributed by atoms with Gasteiger partial charge in [-0.05, 0) is 36.8 Å². The van der Waals surface area contributed by atoms with Crippen LogP contribution >= 0.6 is 11.6 Å². The average molecular weight is 244 g/mol. The van der Waals surface area contributed by atoms with Crippen LogP contribution < -0.4 is 4.74 Å². The Hall–Kier alpha value is -1.10. The summed E-state index contributed by atoms with van der Waals surface area (Å²) in [6.07, 6.45) is 0. The molecular weight excluding hydrogens is 230 g/mol. The first-order valence-electron chi connectivity index (χ1n) is 4.85. The number of carbonyl (C=O) groups excluding carboxylic acids is 1. The number of aliphatic hydroxyl groups excluding tert-OH is 1. The quantitative estimate of drug-likeness (QED) is 0.605. The van der Waals surface area contributed by atoms with Crippen molar-refractivity contribution < 1.29 is 14.6 Å². The van der Waals surface area contributed by atoms with Crippen LogP contribution in [0.2, 0.25) is 0 Å². The maximum atomic E-state index is 10.9. The van der Waals surface area contributed by atoms with Crippen LogP contribution in [0.5, 0.6) is 5.75 Å². The normalized spacial score (nSPS) is 10.5. The molecule has 0 saturated heterocycles. The topological polar surface area (TPSA) is 49.8 Å². The highest BCUT2D eigenvalue weighted by molar-refractivity contribution is 6.67. The Morgan fingerprint density at radius 3 is 2.94 bits per heavy atom. The van der Waals surface area contributed by atoms with Gasteiger partial charge >= 0.3 is 0 Å². The number of benzene rings is 1. The molecule has 0 aliphatic carbocycles. The fourth-order valence-electron chi connectivity index (χ4n) is 1.13. The van der Waals surface area contributed by atoms with Crippen LogP contribution in [0.1, 0.15) is 10.4 Å². The second-order valence-electron chi connectivity index (χ2n) is 3.38. The lowest BCUT2D eigenvalue weighted by Gasteiger charge is -2.16. The van der Waals surface area contributed by atoms with Crippen molar-refractivity contribution in [3.05, 3.63) is 29.8 Å². The Kier molecular flexibility index (Phi) is 5.25. The molecule has 0 saturated carbocycles. The van der Waals surface area contributed by atoms with E-state index in [1.807, 2.05) is 11.9 Å². The smallest absolute Gasteiger partial charge is 0.252 e. The van der Waals surface area contributed by atoms with Gasteiger partial charge < -0.3 is 9.84 Å². The third kappa shape index (κ3) is 4.18. The summed E-state index contributed by atoms with van der Waals surface area (Å²) in [6, 6.07) is 6.66. The van der Waals surface area contributed by atoms with Crippen molar-refractivity contribution in [2.24, 2.45) is 0 Å². The molecule has 0 unspecified atom stereocenters. The molecule has 0 fully saturated rings. The second-order valence-corrected chi connectivity index (χ2v) is 3.72. The lowest BCUT2D eigenvalue weighted by Crippen LogP contribution is -2.26. The summed E-state index contributed by atoms with van der Waals surface area (Å²) in [5.41, 5.74) is 0.406. The van der Waals surface area contributed by atoms with Crippen LogP contribution in [-0.2, 0) is 0 Å². The summed E-state index contributed by atoms with van der Waals surface area (Å²) in [5, 5.41) is 8.19. The lowest BCUT2D eigenvalue weighted by atomic mass is 10.2. The summed E-state index contributed by atoms with van der Waals surface area (Å²) >= 11 is 5.35. The zero-order chi connectivity index (χ0) is 12.0. The number of likely N-dealkylation sites (N-methyl/N-ethyl adjacent to an activating group) is 1. The number of nitrogens with zero attached hydrogens (tertiary/aromatic N) is 1. The van der Waals surface area contributed by atoms with Gasteiger partial charge in [-0.2, -0.15) is 0 Å². The monoisotopic (exact) mass is 243 g/mol. The SMILES string of the molecule is CN(CCO)COc1cccc(C(=O)Cl)c1. The van der Waals surface area contributed by atoms with Gasteiger partial charge in [0.2, 0.25) is 0 Å². The zero-order valence-corrected chi connectivity index (χ0v) is 9.78. The van der Waals surface area contributed by atoms with E-state index < -0.39 is 5.24 Å². The number of hydrogen-bond donors (Lipinski definition) is 1. The summed E-state index contributed by atoms with van der Waals surface area (Å²) in [6.45, 7) is 0.967. The maximum Gasteiger partial charge on any atom is 0.252 e. The van der Waals surface area contributed by atoms with E-state index in [4.69, 9.17) is 21.4 Å². The van der Waals surface area contributed by atoms with E-state index in [2.05, 4.69) is 0 Å². The maximum absolute atomic E-state index is 10.9. The summed E-state index contributed by atoms with van der Waals surface area (Å²) in [7, 11) is 1.83. The van der Waals surface area contributed by atoms with Crippen LogP contribution in [0, 0.1) is 0 Å². The minimum absolute atomic E-state index is 0.0834. The molecule has 0 amide bonds. The molecule has 16 heavy (non-hydrogen) atoms. The van der Waals surface area contributed by atoms with E-state index in [-0.39, 0.29) is 6.61 Å². The van der Waals surface area contributed by atoms with Crippen LogP contribution in [0.15, 0.2) is 24.3 Å². The lowest BCUT2D eigenvalue weighted by molar-refractivity contribution is 0.107. The van der Waals surface area contributed by atoms with Crippen molar-refractivity contribution in [1.82, 2.24) is 4.90 Å². The van der Waals surface area contributed by atoms with Gasteiger partial charge in [-0.15, -0.1) is 0 Å². The summed E-state index contributed by atoms with van der Waals surface area (Å²) in [5.74, 6) is 0.580. The fourth-order valence-corrected chi connectivity index (χ4v) is 1.25. The first-order chi connectivity index (χ1) is 7.63. The molecule has 0 bridgehead atoms. The standard InChI is InChI=1S/C11H14ClNO3/c1-13(5-6-14)8-16-10-4-2-3-9(7-10)11(12)15/h2-4,7,14H,5-6,8H2,1H3. The Bertz CT molecular complexity index is 357. The van der Waals surface area contributed by atoms with Crippen molar-refractivity contribution in [1.29, 1.82) is 0 Å². The van der Waals surface area contributed by atoms with Gasteiger partial charge in [0.1, 0.15) is 12.5 Å². The van der Waals surface area contributed by atoms with Crippen molar-refractivity contribution >= 4 is 16.8 Å². The number of carbonyl (C=O) groups is 1. The van der Waals surface area contributed by atoms with Gasteiger partial charge in [-0.25, -0.2) is 0 Å². The predicted molar refractivity (Wildman–Crippen MR) is 61.8 cm³/mol. The van der Waals surface area contributed by atoms with Crippen LogP contribution in [0.4, 0.5) is 0 Å². The average Bonchev–Trinajstić information content (AvgIpc) is 2.27. The van der Waals surface area contributed by atoms with Crippen LogP contribution in [-0.4, -0.2) is 42.2 Å². The number of ether oxygens (including phenoxy) is 1. The minimum Gasteiger partial charge on any atom is -0.478 e. The molecule has 0 heterocycles. The molecular formula is C11H14ClNO3. The number of rotatable bonds is 6. The number of hydrogen-bond acceptors (Lipinski definition) is 4. The summed E-state index contributed by atoms with van der Waals surface area (Å²) in [4.78, 5) is 12.7. The van der Waals surface area contributed by atoms with Crippen LogP contribution in [0.3, 0.4) is 0 Å². The van der Waals surface area contributed by atoms with E-state index in [0.29, 0.717) is 24.6 Å². The molecule has 0 aliphatic heterocycles. The largest absolute Gasteiger partial charge is 0.478 e. The van der Waals surface area contributed by atoms with Gasteiger partial charge in [0.15, 0.2) is 0 Å². The molecule has 1 aromatic rings. The molecule has 1 rings (SSSR count). The highest BCUT2D eigenvalue weighted by Gasteiger charge is 2.03. The van der Waals surface area contributed by atoms with Gasteiger partial charge in [0.05, 0.1) is 6.61 Å². The molecule has 4 nitrogen and oxygen atoms in total. The van der Waals surface area contributed by atoms with E-state index in [0.717, 1.165) is 0 Å². The number of aliphatic hydroxyl groups is 1. The molecule has 0 radical (unpaired) electrons. The highest BCUT2D eigenvalue weighted by Crippen LogP contribution is 2.14. The number of halogens is 1. The molecule has 0 aromatic heterocycles. The third-order valence-electron chi connectivity index (χ3n) is 1.99. The Labute approximate surface area is 99.4 Å². The van der Waals surface area contributed by atoms with Crippen molar-refractivity contribution in [3.8, 4) is 5.75 Å². The highest BCUT2D eigenvalue weighted by atomic mass is 35.5. The van der Waals surface area contributed by atoms with Crippen LogP contribution in [0.25, 0.3) is 0 Å². The van der Waals surface area contributed by atoms with Gasteiger partial charge in [-0.3, -0.25) is 9.69 Å². The molecule has 88 valence electrons. The molecule has 1 N–H and O–H groups in total. The van der Waals surface area contributed by atoms with Crippen molar-refractivity contribution in [2.75, 3.05) is 26.9 Å².